The van der Waals surface area contributed by atoms with Crippen LogP contribution in [0.3, 0.4) is 0 Å². The first-order chi connectivity index (χ1) is 13.1. The Labute approximate surface area is 159 Å². The Bertz CT molecular complexity index is 860. The summed E-state index contributed by atoms with van der Waals surface area (Å²) in [6.07, 6.45) is 4.21. The fourth-order valence-electron chi connectivity index (χ4n) is 3.76. The Morgan fingerprint density at radius 3 is 2.70 bits per heavy atom. The first-order valence-corrected chi connectivity index (χ1v) is 9.59. The van der Waals surface area contributed by atoms with Gasteiger partial charge in [0.2, 0.25) is 5.91 Å². The summed E-state index contributed by atoms with van der Waals surface area (Å²) in [5, 5.41) is 5.89. The molecule has 0 radical (unpaired) electrons. The minimum Gasteiger partial charge on any atom is -0.349 e. The van der Waals surface area contributed by atoms with Gasteiger partial charge in [0.25, 0.3) is 5.91 Å². The quantitative estimate of drug-likeness (QED) is 0.829. The smallest absolute Gasteiger partial charge is 0.251 e. The molecule has 2 aliphatic rings. The van der Waals surface area contributed by atoms with Crippen molar-refractivity contribution in [1.29, 1.82) is 0 Å². The molecule has 140 valence electrons. The van der Waals surface area contributed by atoms with Gasteiger partial charge in [-0.15, -0.1) is 0 Å². The SMILES string of the molecule is CN(CC(=O)Nc1cccc(C(=O)NC2CC2)c1)[C@H]1CCc2ccccc21. The van der Waals surface area contributed by atoms with Crippen LogP contribution >= 0.6 is 0 Å². The van der Waals surface area contributed by atoms with Crippen LogP contribution in [0.4, 0.5) is 5.69 Å². The molecule has 2 N–H and O–H groups in total. The van der Waals surface area contributed by atoms with Crippen LogP contribution in [0, 0.1) is 0 Å². The molecule has 2 aromatic rings. The maximum atomic E-state index is 12.5. The molecule has 0 aliphatic heterocycles. The van der Waals surface area contributed by atoms with Crippen molar-refractivity contribution in [2.24, 2.45) is 0 Å². The molecule has 0 bridgehead atoms. The van der Waals surface area contributed by atoms with Crippen LogP contribution in [0.1, 0.15) is 46.8 Å². The fraction of sp³-hybridized carbons (Fsp3) is 0.364. The van der Waals surface area contributed by atoms with Gasteiger partial charge >= 0.3 is 0 Å². The first-order valence-electron chi connectivity index (χ1n) is 9.59. The molecule has 0 heterocycles. The lowest BCUT2D eigenvalue weighted by atomic mass is 10.1. The van der Waals surface area contributed by atoms with Gasteiger partial charge in [-0.2, -0.15) is 0 Å². The molecule has 2 aliphatic carbocycles. The summed E-state index contributed by atoms with van der Waals surface area (Å²) in [5.74, 6) is -0.144. The summed E-state index contributed by atoms with van der Waals surface area (Å²) < 4.78 is 0. The van der Waals surface area contributed by atoms with Crippen LogP contribution in [0.25, 0.3) is 0 Å². The van der Waals surface area contributed by atoms with Gasteiger partial charge in [0.05, 0.1) is 6.54 Å². The number of rotatable bonds is 6. The lowest BCUT2D eigenvalue weighted by Crippen LogP contribution is -2.32. The molecule has 1 fully saturated rings. The fourth-order valence-corrected chi connectivity index (χ4v) is 3.76. The normalized spacial score (nSPS) is 18.2. The van der Waals surface area contributed by atoms with Gasteiger partial charge in [0.1, 0.15) is 0 Å². The van der Waals surface area contributed by atoms with E-state index in [0.717, 1.165) is 25.7 Å². The third kappa shape index (κ3) is 4.19. The summed E-state index contributed by atoms with van der Waals surface area (Å²) in [6.45, 7) is 0.317. The van der Waals surface area contributed by atoms with Crippen LogP contribution in [0.5, 0.6) is 0 Å². The summed E-state index contributed by atoms with van der Waals surface area (Å²) in [7, 11) is 1.99. The molecule has 1 atom stereocenters. The Kier molecular flexibility index (Phi) is 4.94. The largest absolute Gasteiger partial charge is 0.349 e. The number of hydrogen-bond donors (Lipinski definition) is 2. The summed E-state index contributed by atoms with van der Waals surface area (Å²) in [5.41, 5.74) is 3.94. The average molecular weight is 363 g/mol. The van der Waals surface area contributed by atoms with Crippen molar-refractivity contribution in [3.8, 4) is 0 Å². The zero-order valence-corrected chi connectivity index (χ0v) is 15.6. The molecule has 2 aromatic carbocycles. The Morgan fingerprint density at radius 1 is 1.07 bits per heavy atom. The van der Waals surface area contributed by atoms with E-state index in [-0.39, 0.29) is 17.9 Å². The zero-order valence-electron chi connectivity index (χ0n) is 15.6. The van der Waals surface area contributed by atoms with E-state index in [9.17, 15) is 9.59 Å². The van der Waals surface area contributed by atoms with Crippen LogP contribution in [0.15, 0.2) is 48.5 Å². The Balaban J connectivity index is 1.36. The molecule has 5 heteroatoms. The number of fused-ring (bicyclic) bond motifs is 1. The van der Waals surface area contributed by atoms with E-state index >= 15 is 0 Å². The molecule has 0 unspecified atom stereocenters. The Morgan fingerprint density at radius 2 is 1.89 bits per heavy atom. The van der Waals surface area contributed by atoms with Crippen molar-refractivity contribution in [3.63, 3.8) is 0 Å². The molecule has 2 amide bonds. The number of aryl methyl sites for hydroxylation is 1. The van der Waals surface area contributed by atoms with E-state index in [1.807, 2.05) is 13.1 Å². The highest BCUT2D eigenvalue weighted by molar-refractivity contribution is 5.97. The number of carbonyl (C=O) groups is 2. The summed E-state index contributed by atoms with van der Waals surface area (Å²) in [4.78, 5) is 26.8. The van der Waals surface area contributed by atoms with E-state index in [1.165, 1.54) is 11.1 Å². The number of nitrogens with zero attached hydrogens (tertiary/aromatic N) is 1. The molecule has 1 saturated carbocycles. The highest BCUT2D eigenvalue weighted by Crippen LogP contribution is 2.34. The van der Waals surface area contributed by atoms with Gasteiger partial charge in [0.15, 0.2) is 0 Å². The van der Waals surface area contributed by atoms with Crippen LogP contribution in [-0.4, -0.2) is 36.3 Å². The topological polar surface area (TPSA) is 61.4 Å². The number of amides is 2. The number of likely N-dealkylation sites (N-methyl/N-ethyl adjacent to an activating group) is 1. The van der Waals surface area contributed by atoms with Gasteiger partial charge < -0.3 is 10.6 Å². The van der Waals surface area contributed by atoms with Gasteiger partial charge in [-0.1, -0.05) is 30.3 Å². The van der Waals surface area contributed by atoms with E-state index < -0.39 is 0 Å². The molecule has 0 aromatic heterocycles. The van der Waals surface area contributed by atoms with Crippen molar-refractivity contribution < 1.29 is 9.59 Å². The van der Waals surface area contributed by atoms with Gasteiger partial charge in [0, 0.05) is 23.3 Å². The van der Waals surface area contributed by atoms with E-state index in [2.05, 4.69) is 39.8 Å². The maximum absolute atomic E-state index is 12.5. The number of anilines is 1. The highest BCUT2D eigenvalue weighted by atomic mass is 16.2. The van der Waals surface area contributed by atoms with Crippen molar-refractivity contribution >= 4 is 17.5 Å². The molecular formula is C22H25N3O2. The predicted octanol–water partition coefficient (Wildman–Crippen LogP) is 3.14. The maximum Gasteiger partial charge on any atom is 0.251 e. The minimum atomic E-state index is -0.0757. The van der Waals surface area contributed by atoms with Gasteiger partial charge in [-0.25, -0.2) is 0 Å². The van der Waals surface area contributed by atoms with E-state index in [0.29, 0.717) is 23.8 Å². The first kappa shape index (κ1) is 17.7. The van der Waals surface area contributed by atoms with Crippen LogP contribution < -0.4 is 10.6 Å². The van der Waals surface area contributed by atoms with Crippen molar-refractivity contribution in [2.45, 2.75) is 37.8 Å². The van der Waals surface area contributed by atoms with Gasteiger partial charge in [-0.3, -0.25) is 14.5 Å². The average Bonchev–Trinajstić information content (AvgIpc) is 3.36. The monoisotopic (exact) mass is 363 g/mol. The van der Waals surface area contributed by atoms with E-state index in [1.54, 1.807) is 18.2 Å². The molecule has 0 saturated heterocycles. The van der Waals surface area contributed by atoms with Crippen molar-refractivity contribution in [3.05, 3.63) is 65.2 Å². The number of nitrogens with one attached hydrogen (secondary N) is 2. The number of carbonyl (C=O) groups excluding carboxylic acids is 2. The van der Waals surface area contributed by atoms with Crippen molar-refractivity contribution in [1.82, 2.24) is 10.2 Å². The molecule has 4 rings (SSSR count). The molecule has 0 spiro atoms. The van der Waals surface area contributed by atoms with Crippen molar-refractivity contribution in [2.75, 3.05) is 18.9 Å². The second-order valence-corrected chi connectivity index (χ2v) is 7.55. The highest BCUT2D eigenvalue weighted by Gasteiger charge is 2.27. The second kappa shape index (κ2) is 7.53. The summed E-state index contributed by atoms with van der Waals surface area (Å²) in [6, 6.07) is 16.2. The minimum absolute atomic E-state index is 0.0679. The lowest BCUT2D eigenvalue weighted by molar-refractivity contribution is -0.117. The standard InChI is InChI=1S/C22H25N3O2/c1-25(20-12-9-15-5-2-3-8-19(15)20)14-21(26)23-18-7-4-6-16(13-18)22(27)24-17-10-11-17/h2-8,13,17,20H,9-12,14H2,1H3,(H,23,26)(H,24,27)/t20-/m0/s1. The van der Waals surface area contributed by atoms with Crippen LogP contribution in [-0.2, 0) is 11.2 Å². The third-order valence-corrected chi connectivity index (χ3v) is 5.35. The number of benzene rings is 2. The third-order valence-electron chi connectivity index (χ3n) is 5.35. The second-order valence-electron chi connectivity index (χ2n) is 7.55. The zero-order chi connectivity index (χ0) is 18.8. The molecule has 5 nitrogen and oxygen atoms in total. The van der Waals surface area contributed by atoms with Gasteiger partial charge in [-0.05, 0) is 62.1 Å². The lowest BCUT2D eigenvalue weighted by Gasteiger charge is -2.24. The van der Waals surface area contributed by atoms with Crippen LogP contribution in [0.2, 0.25) is 0 Å². The molecular weight excluding hydrogens is 338 g/mol. The molecule has 27 heavy (non-hydrogen) atoms. The Hall–Kier alpha value is -2.66. The number of hydrogen-bond acceptors (Lipinski definition) is 3. The van der Waals surface area contributed by atoms with E-state index in [4.69, 9.17) is 0 Å². The summed E-state index contributed by atoms with van der Waals surface area (Å²) >= 11 is 0. The predicted molar refractivity (Wildman–Crippen MR) is 106 cm³/mol.